The largest absolute Gasteiger partial charge is 0.353 e. The number of nitrogens with one attached hydrogen (secondary N) is 1. The second-order valence-electron chi connectivity index (χ2n) is 7.52. The maximum atomic E-state index is 12.8. The molecule has 1 saturated heterocycles. The Bertz CT molecular complexity index is 568. The summed E-state index contributed by atoms with van der Waals surface area (Å²) in [5.41, 5.74) is -0.432. The summed E-state index contributed by atoms with van der Waals surface area (Å²) < 4.78 is 0. The van der Waals surface area contributed by atoms with Crippen molar-refractivity contribution in [2.45, 2.75) is 75.9 Å². The van der Waals surface area contributed by atoms with E-state index in [2.05, 4.69) is 21.5 Å². The number of terminal acetylenes is 1. The molecule has 136 valence electrons. The summed E-state index contributed by atoms with van der Waals surface area (Å²) in [5, 5.41) is 11.1. The molecule has 0 radical (unpaired) electrons. The van der Waals surface area contributed by atoms with Crippen LogP contribution in [0, 0.1) is 18.3 Å². The third-order valence-corrected chi connectivity index (χ3v) is 5.72. The van der Waals surface area contributed by atoms with E-state index in [1.807, 2.05) is 0 Å². The molecule has 3 rings (SSSR count). The summed E-state index contributed by atoms with van der Waals surface area (Å²) >= 11 is 0. The van der Waals surface area contributed by atoms with Gasteiger partial charge in [0.15, 0.2) is 5.66 Å². The summed E-state index contributed by atoms with van der Waals surface area (Å²) in [7, 11) is 0. The summed E-state index contributed by atoms with van der Waals surface area (Å²) in [4.78, 5) is 26.9. The molecule has 1 aliphatic carbocycles. The van der Waals surface area contributed by atoms with Gasteiger partial charge in [0, 0.05) is 38.8 Å². The molecule has 2 fully saturated rings. The Morgan fingerprint density at radius 1 is 1.28 bits per heavy atom. The van der Waals surface area contributed by atoms with Crippen LogP contribution >= 0.6 is 0 Å². The van der Waals surface area contributed by atoms with Crippen molar-refractivity contribution >= 4 is 11.8 Å². The van der Waals surface area contributed by atoms with Gasteiger partial charge in [-0.05, 0) is 12.3 Å². The lowest BCUT2D eigenvalue weighted by Crippen LogP contribution is -2.57. The number of carbonyl (C=O) groups is 2. The van der Waals surface area contributed by atoms with Gasteiger partial charge >= 0.3 is 0 Å². The van der Waals surface area contributed by atoms with E-state index in [1.54, 1.807) is 4.90 Å². The van der Waals surface area contributed by atoms with E-state index in [0.717, 1.165) is 6.42 Å². The number of hydrogen-bond acceptors (Lipinski definition) is 4. The van der Waals surface area contributed by atoms with Crippen LogP contribution in [0.1, 0.15) is 64.2 Å². The van der Waals surface area contributed by atoms with Crippen LogP contribution in [0.5, 0.6) is 0 Å². The highest BCUT2D eigenvalue weighted by Crippen LogP contribution is 2.38. The number of nitrogens with zero attached hydrogens (tertiary/aromatic N) is 3. The van der Waals surface area contributed by atoms with Crippen LogP contribution in [0.3, 0.4) is 0 Å². The lowest BCUT2D eigenvalue weighted by molar-refractivity contribution is -0.144. The molecule has 0 aromatic rings. The van der Waals surface area contributed by atoms with Crippen LogP contribution < -0.4 is 5.32 Å². The quantitative estimate of drug-likeness (QED) is 0.721. The van der Waals surface area contributed by atoms with Crippen molar-refractivity contribution < 1.29 is 9.59 Å². The molecule has 0 bridgehead atoms. The molecular formula is C19H28N4O2. The lowest BCUT2D eigenvalue weighted by Gasteiger charge is -2.37. The van der Waals surface area contributed by atoms with Gasteiger partial charge in [0.2, 0.25) is 11.8 Å². The molecule has 0 spiro atoms. The Hall–Kier alpha value is -1.90. The minimum Gasteiger partial charge on any atom is -0.353 e. The van der Waals surface area contributed by atoms with Gasteiger partial charge in [0.05, 0.1) is 0 Å². The van der Waals surface area contributed by atoms with Crippen molar-refractivity contribution in [2.75, 3.05) is 13.1 Å². The first kappa shape index (κ1) is 17.9. The zero-order chi connectivity index (χ0) is 17.7. The molecule has 6 nitrogen and oxygen atoms in total. The second-order valence-corrected chi connectivity index (χ2v) is 7.52. The van der Waals surface area contributed by atoms with Gasteiger partial charge in [-0.2, -0.15) is 10.2 Å². The van der Waals surface area contributed by atoms with E-state index >= 15 is 0 Å². The van der Waals surface area contributed by atoms with Crippen molar-refractivity contribution in [1.82, 2.24) is 10.2 Å². The average Bonchev–Trinajstić information content (AvgIpc) is 3.41. The first-order chi connectivity index (χ1) is 12.1. The number of piperazine rings is 1. The maximum Gasteiger partial charge on any atom is 0.242 e. The third-order valence-electron chi connectivity index (χ3n) is 5.72. The first-order valence-electron chi connectivity index (χ1n) is 9.58. The van der Waals surface area contributed by atoms with E-state index in [-0.39, 0.29) is 17.9 Å². The zero-order valence-corrected chi connectivity index (χ0v) is 14.9. The van der Waals surface area contributed by atoms with Crippen molar-refractivity contribution in [3.63, 3.8) is 0 Å². The summed E-state index contributed by atoms with van der Waals surface area (Å²) in [6.45, 7) is 1.15. The monoisotopic (exact) mass is 344 g/mol. The molecule has 25 heavy (non-hydrogen) atoms. The van der Waals surface area contributed by atoms with Crippen LogP contribution in [-0.2, 0) is 9.59 Å². The normalized spacial score (nSPS) is 25.3. The van der Waals surface area contributed by atoms with Gasteiger partial charge in [-0.3, -0.25) is 9.59 Å². The number of rotatable bonds is 7. The fourth-order valence-corrected chi connectivity index (χ4v) is 4.10. The van der Waals surface area contributed by atoms with Crippen molar-refractivity contribution in [3.8, 4) is 12.3 Å². The highest BCUT2D eigenvalue weighted by molar-refractivity contribution is 5.88. The zero-order valence-electron chi connectivity index (χ0n) is 14.9. The lowest BCUT2D eigenvalue weighted by atomic mass is 9.84. The van der Waals surface area contributed by atoms with Crippen molar-refractivity contribution in [3.05, 3.63) is 0 Å². The SMILES string of the molecule is C#CCCC1(CCC(=O)N2CCNC(=O)C2CC2CCCCC2)N=N1. The predicted octanol–water partition coefficient (Wildman–Crippen LogP) is 2.64. The molecule has 1 N–H and O–H groups in total. The standard InChI is InChI=1S/C19H28N4O2/c1-2-3-10-19(21-22-19)11-9-17(24)23-13-12-20-18(25)16(23)14-15-7-5-4-6-8-15/h1,15-16H,3-14H2,(H,20,25). The van der Waals surface area contributed by atoms with Crippen molar-refractivity contribution in [1.29, 1.82) is 0 Å². The van der Waals surface area contributed by atoms with Crippen LogP contribution in [0.15, 0.2) is 10.2 Å². The molecule has 2 amide bonds. The van der Waals surface area contributed by atoms with E-state index in [1.165, 1.54) is 32.1 Å². The van der Waals surface area contributed by atoms with E-state index in [9.17, 15) is 9.59 Å². The highest BCUT2D eigenvalue weighted by Gasteiger charge is 2.41. The van der Waals surface area contributed by atoms with Gasteiger partial charge in [0.1, 0.15) is 6.04 Å². The number of carbonyl (C=O) groups excluding carboxylic acids is 2. The van der Waals surface area contributed by atoms with Gasteiger partial charge < -0.3 is 10.2 Å². The topological polar surface area (TPSA) is 74.1 Å². The second kappa shape index (κ2) is 7.99. The molecule has 0 aromatic heterocycles. The van der Waals surface area contributed by atoms with Gasteiger partial charge in [-0.15, -0.1) is 12.3 Å². The molecule has 1 unspecified atom stereocenters. The summed E-state index contributed by atoms with van der Waals surface area (Å²) in [6, 6.07) is -0.306. The smallest absolute Gasteiger partial charge is 0.242 e. The van der Waals surface area contributed by atoms with E-state index < -0.39 is 5.66 Å². The van der Waals surface area contributed by atoms with Crippen LogP contribution in [0.2, 0.25) is 0 Å². The van der Waals surface area contributed by atoms with Crippen molar-refractivity contribution in [2.24, 2.45) is 16.1 Å². The van der Waals surface area contributed by atoms with Crippen LogP contribution in [0.4, 0.5) is 0 Å². The molecule has 0 aromatic carbocycles. The number of amides is 2. The Kier molecular flexibility index (Phi) is 5.72. The Balaban J connectivity index is 1.55. The fraction of sp³-hybridized carbons (Fsp3) is 0.789. The molecule has 3 aliphatic rings. The molecular weight excluding hydrogens is 316 g/mol. The van der Waals surface area contributed by atoms with E-state index in [0.29, 0.717) is 44.7 Å². The van der Waals surface area contributed by atoms with Crippen LogP contribution in [0.25, 0.3) is 0 Å². The van der Waals surface area contributed by atoms with Gasteiger partial charge in [0.25, 0.3) is 0 Å². The Morgan fingerprint density at radius 2 is 2.04 bits per heavy atom. The summed E-state index contributed by atoms with van der Waals surface area (Å²) in [6.07, 6.45) is 14.6. The molecule has 6 heteroatoms. The van der Waals surface area contributed by atoms with E-state index in [4.69, 9.17) is 6.42 Å². The molecule has 1 saturated carbocycles. The average molecular weight is 344 g/mol. The third kappa shape index (κ3) is 4.59. The first-order valence-corrected chi connectivity index (χ1v) is 9.58. The predicted molar refractivity (Wildman–Crippen MR) is 94.6 cm³/mol. The highest BCUT2D eigenvalue weighted by atomic mass is 16.2. The minimum absolute atomic E-state index is 0.00742. The molecule has 2 heterocycles. The fourth-order valence-electron chi connectivity index (χ4n) is 4.10. The molecule has 2 aliphatic heterocycles. The Morgan fingerprint density at radius 3 is 2.72 bits per heavy atom. The minimum atomic E-state index is -0.432. The molecule has 1 atom stereocenters. The van der Waals surface area contributed by atoms with Crippen LogP contribution in [-0.4, -0.2) is 41.5 Å². The van der Waals surface area contributed by atoms with Gasteiger partial charge in [-0.25, -0.2) is 0 Å². The Labute approximate surface area is 149 Å². The number of hydrogen-bond donors (Lipinski definition) is 1. The summed E-state index contributed by atoms with van der Waals surface area (Å²) in [5.74, 6) is 3.22. The maximum absolute atomic E-state index is 12.8. The van der Waals surface area contributed by atoms with Gasteiger partial charge in [-0.1, -0.05) is 32.1 Å².